The molecule has 1 aliphatic rings. The summed E-state index contributed by atoms with van der Waals surface area (Å²) in [4.78, 5) is 31.2. The Morgan fingerprint density at radius 2 is 2.04 bits per heavy atom. The first-order valence-electron chi connectivity index (χ1n) is 8.48. The molecule has 0 saturated heterocycles. The van der Waals surface area contributed by atoms with E-state index in [9.17, 15) is 9.59 Å². The van der Waals surface area contributed by atoms with Gasteiger partial charge in [0.15, 0.2) is 23.5 Å². The minimum absolute atomic E-state index is 0.204. The Hall–Kier alpha value is -3.29. The van der Waals surface area contributed by atoms with Crippen molar-refractivity contribution in [1.82, 2.24) is 4.98 Å². The second-order valence-corrected chi connectivity index (χ2v) is 5.99. The minimum Gasteiger partial charge on any atom is -0.497 e. The molecule has 0 aliphatic carbocycles. The molecular formula is C19H21N3O5. The van der Waals surface area contributed by atoms with E-state index >= 15 is 0 Å². The van der Waals surface area contributed by atoms with Gasteiger partial charge in [0.1, 0.15) is 17.3 Å². The molecule has 8 heteroatoms. The summed E-state index contributed by atoms with van der Waals surface area (Å²) in [6.45, 7) is 1.63. The largest absolute Gasteiger partial charge is 0.497 e. The van der Waals surface area contributed by atoms with Gasteiger partial charge in [-0.15, -0.1) is 0 Å². The van der Waals surface area contributed by atoms with E-state index in [0.717, 1.165) is 0 Å². The number of carbonyl (C=O) groups excluding carboxylic acids is 2. The summed E-state index contributed by atoms with van der Waals surface area (Å²) >= 11 is 0. The molecule has 0 spiro atoms. The number of Topliss-reactive ketones (excluding diaryl/α,β-unsaturated/α-hetero) is 1. The number of anilines is 2. The molecule has 27 heavy (non-hydrogen) atoms. The van der Waals surface area contributed by atoms with Crippen molar-refractivity contribution < 1.29 is 23.8 Å². The maximum Gasteiger partial charge on any atom is 0.269 e. The number of hydrogen-bond donors (Lipinski definition) is 1. The standard InChI is InChI=1S/C19H21N3O5/c1-4-14-19(24)22(18-15(27-14)7-8-17(20)21-18)10-13(23)12-6-5-11(25-2)9-16(12)26-3/h5-9,14H,4,10H2,1-3H3,(H2,20,21). The summed E-state index contributed by atoms with van der Waals surface area (Å²) in [6.07, 6.45) is -0.201. The normalized spacial score (nSPS) is 15.7. The molecule has 1 aliphatic heterocycles. The van der Waals surface area contributed by atoms with Crippen LogP contribution in [-0.4, -0.2) is 43.5 Å². The molecule has 1 aromatic carbocycles. The molecule has 2 heterocycles. The lowest BCUT2D eigenvalue weighted by atomic mass is 10.1. The topological polar surface area (TPSA) is 104 Å². The van der Waals surface area contributed by atoms with E-state index in [1.807, 2.05) is 6.92 Å². The van der Waals surface area contributed by atoms with Gasteiger partial charge in [-0.25, -0.2) is 4.98 Å². The van der Waals surface area contributed by atoms with E-state index in [2.05, 4.69) is 4.98 Å². The zero-order valence-electron chi connectivity index (χ0n) is 15.4. The monoisotopic (exact) mass is 371 g/mol. The third-order valence-corrected chi connectivity index (χ3v) is 4.31. The van der Waals surface area contributed by atoms with Crippen LogP contribution in [0.2, 0.25) is 0 Å². The molecule has 1 aromatic heterocycles. The van der Waals surface area contributed by atoms with E-state index in [1.165, 1.54) is 19.1 Å². The average molecular weight is 371 g/mol. The number of amides is 1. The molecule has 3 rings (SSSR count). The Bertz CT molecular complexity index is 884. The van der Waals surface area contributed by atoms with Crippen molar-refractivity contribution in [1.29, 1.82) is 0 Å². The minimum atomic E-state index is -0.673. The van der Waals surface area contributed by atoms with Gasteiger partial charge in [-0.2, -0.15) is 0 Å². The molecule has 0 bridgehead atoms. The smallest absolute Gasteiger partial charge is 0.269 e. The lowest BCUT2D eigenvalue weighted by Gasteiger charge is -2.32. The van der Waals surface area contributed by atoms with Crippen molar-refractivity contribution in [2.45, 2.75) is 19.4 Å². The van der Waals surface area contributed by atoms with E-state index in [1.54, 1.807) is 30.3 Å². The van der Waals surface area contributed by atoms with Gasteiger partial charge < -0.3 is 19.9 Å². The van der Waals surface area contributed by atoms with Crippen LogP contribution < -0.4 is 24.8 Å². The molecule has 0 saturated carbocycles. The third kappa shape index (κ3) is 3.51. The second-order valence-electron chi connectivity index (χ2n) is 5.99. The first kappa shape index (κ1) is 18.5. The number of fused-ring (bicyclic) bond motifs is 1. The van der Waals surface area contributed by atoms with Gasteiger partial charge >= 0.3 is 0 Å². The summed E-state index contributed by atoms with van der Waals surface area (Å²) in [5.41, 5.74) is 6.10. The number of pyridine rings is 1. The van der Waals surface area contributed by atoms with Crippen molar-refractivity contribution in [3.05, 3.63) is 35.9 Å². The number of methoxy groups -OCH3 is 2. The number of carbonyl (C=O) groups is 2. The Morgan fingerprint density at radius 1 is 1.26 bits per heavy atom. The molecular weight excluding hydrogens is 350 g/mol. The third-order valence-electron chi connectivity index (χ3n) is 4.31. The lowest BCUT2D eigenvalue weighted by Crippen LogP contribution is -2.48. The Labute approximate surface area is 156 Å². The van der Waals surface area contributed by atoms with E-state index in [-0.39, 0.29) is 29.9 Å². The van der Waals surface area contributed by atoms with Crippen LogP contribution >= 0.6 is 0 Å². The number of aromatic nitrogens is 1. The maximum atomic E-state index is 12.9. The first-order valence-corrected chi connectivity index (χ1v) is 8.48. The average Bonchev–Trinajstić information content (AvgIpc) is 2.69. The molecule has 2 aromatic rings. The van der Waals surface area contributed by atoms with Crippen molar-refractivity contribution in [3.63, 3.8) is 0 Å². The number of nitrogens with two attached hydrogens (primary N) is 1. The maximum absolute atomic E-state index is 12.9. The Balaban J connectivity index is 1.95. The molecule has 142 valence electrons. The highest BCUT2D eigenvalue weighted by atomic mass is 16.5. The van der Waals surface area contributed by atoms with Crippen LogP contribution in [0.15, 0.2) is 30.3 Å². The lowest BCUT2D eigenvalue weighted by molar-refractivity contribution is -0.126. The number of rotatable bonds is 6. The van der Waals surface area contributed by atoms with Gasteiger partial charge in [0.25, 0.3) is 5.91 Å². The Morgan fingerprint density at radius 3 is 2.70 bits per heavy atom. The van der Waals surface area contributed by atoms with Gasteiger partial charge in [-0.05, 0) is 30.7 Å². The van der Waals surface area contributed by atoms with Crippen molar-refractivity contribution in [3.8, 4) is 17.2 Å². The zero-order valence-corrected chi connectivity index (χ0v) is 15.4. The quantitative estimate of drug-likeness (QED) is 0.775. The van der Waals surface area contributed by atoms with Crippen LogP contribution in [0.4, 0.5) is 11.6 Å². The van der Waals surface area contributed by atoms with Crippen molar-refractivity contribution >= 4 is 23.3 Å². The highest BCUT2D eigenvalue weighted by Crippen LogP contribution is 2.34. The van der Waals surface area contributed by atoms with E-state index in [4.69, 9.17) is 19.9 Å². The van der Waals surface area contributed by atoms with Crippen molar-refractivity contribution in [2.75, 3.05) is 31.4 Å². The van der Waals surface area contributed by atoms with Crippen LogP contribution in [-0.2, 0) is 4.79 Å². The van der Waals surface area contributed by atoms with Crippen LogP contribution in [0.1, 0.15) is 23.7 Å². The highest BCUT2D eigenvalue weighted by Gasteiger charge is 2.36. The number of ketones is 1. The molecule has 0 radical (unpaired) electrons. The number of benzene rings is 1. The summed E-state index contributed by atoms with van der Waals surface area (Å²) in [6, 6.07) is 8.13. The van der Waals surface area contributed by atoms with Gasteiger partial charge in [-0.3, -0.25) is 14.5 Å². The predicted octanol–water partition coefficient (Wildman–Crippen LogP) is 2.07. The SMILES string of the molecule is CCC1Oc2ccc(N)nc2N(CC(=O)c2ccc(OC)cc2OC)C1=O. The van der Waals surface area contributed by atoms with Crippen LogP contribution in [0.3, 0.4) is 0 Å². The molecule has 1 unspecified atom stereocenters. The fourth-order valence-electron chi connectivity index (χ4n) is 2.89. The van der Waals surface area contributed by atoms with Gasteiger partial charge in [0, 0.05) is 6.07 Å². The number of nitrogen functional groups attached to an aromatic ring is 1. The van der Waals surface area contributed by atoms with Gasteiger partial charge in [-0.1, -0.05) is 6.92 Å². The van der Waals surface area contributed by atoms with Gasteiger partial charge in [0.05, 0.1) is 26.3 Å². The van der Waals surface area contributed by atoms with Crippen LogP contribution in [0.25, 0.3) is 0 Å². The number of nitrogens with zero attached hydrogens (tertiary/aromatic N) is 2. The summed E-state index contributed by atoms with van der Waals surface area (Å²) < 4.78 is 16.1. The molecule has 0 fully saturated rings. The first-order chi connectivity index (χ1) is 13.0. The molecule has 8 nitrogen and oxygen atoms in total. The number of ether oxygens (including phenoxy) is 3. The summed E-state index contributed by atoms with van der Waals surface area (Å²) in [5.74, 6) is 1.21. The van der Waals surface area contributed by atoms with Crippen molar-refractivity contribution in [2.24, 2.45) is 0 Å². The van der Waals surface area contributed by atoms with E-state index in [0.29, 0.717) is 29.2 Å². The van der Waals surface area contributed by atoms with Crippen LogP contribution in [0.5, 0.6) is 17.2 Å². The molecule has 2 N–H and O–H groups in total. The summed E-state index contributed by atoms with van der Waals surface area (Å²) in [7, 11) is 3.00. The fourth-order valence-corrected chi connectivity index (χ4v) is 2.89. The zero-order chi connectivity index (χ0) is 19.6. The predicted molar refractivity (Wildman–Crippen MR) is 99.6 cm³/mol. The van der Waals surface area contributed by atoms with Crippen LogP contribution in [0, 0.1) is 0 Å². The fraction of sp³-hybridized carbons (Fsp3) is 0.316. The molecule has 1 atom stereocenters. The highest BCUT2D eigenvalue weighted by molar-refractivity contribution is 6.08. The Kier molecular flexibility index (Phi) is 5.16. The number of hydrogen-bond acceptors (Lipinski definition) is 7. The van der Waals surface area contributed by atoms with E-state index < -0.39 is 6.10 Å². The summed E-state index contributed by atoms with van der Waals surface area (Å²) in [5, 5.41) is 0. The molecule has 1 amide bonds. The second kappa shape index (κ2) is 7.53. The van der Waals surface area contributed by atoms with Gasteiger partial charge in [0.2, 0.25) is 0 Å².